The Kier molecular flexibility index (Phi) is 4.53. The molecular weight excluding hydrogens is 172 g/mol. The molecule has 0 rings (SSSR count). The van der Waals surface area contributed by atoms with Crippen LogP contribution in [0.1, 0.15) is 26.7 Å². The largest absolute Gasteiger partial charge is 0.299 e. The molecule has 72 valence electrons. The Labute approximate surface area is 75.4 Å². The van der Waals surface area contributed by atoms with Crippen LogP contribution in [0, 0.1) is 5.92 Å². The van der Waals surface area contributed by atoms with Gasteiger partial charge in [0.15, 0.2) is 0 Å². The predicted molar refractivity (Wildman–Crippen MR) is 55.1 cm³/mol. The number of rotatable bonds is 5. The average molecular weight is 190 g/mol. The fourth-order valence-electron chi connectivity index (χ4n) is 0.840. The van der Waals surface area contributed by atoms with E-state index < -0.39 is 9.52 Å². The van der Waals surface area contributed by atoms with Crippen LogP contribution in [0.5, 0.6) is 0 Å². The molecule has 0 aromatic carbocycles. The minimum atomic E-state index is -1.90. The summed E-state index contributed by atoms with van der Waals surface area (Å²) >= 11 is 0. The van der Waals surface area contributed by atoms with Crippen LogP contribution in [0.15, 0.2) is 0 Å². The zero-order chi connectivity index (χ0) is 9.78. The molecule has 0 radical (unpaired) electrons. The van der Waals surface area contributed by atoms with Crippen molar-refractivity contribution < 1.29 is 9.00 Å². The molecule has 1 unspecified atom stereocenters. The number of ketones is 1. The van der Waals surface area contributed by atoms with Crippen LogP contribution >= 0.6 is 0 Å². The van der Waals surface area contributed by atoms with Crippen molar-refractivity contribution in [3.8, 4) is 0 Å². The third-order valence-electron chi connectivity index (χ3n) is 1.64. The molecule has 2 nitrogen and oxygen atoms in total. The van der Waals surface area contributed by atoms with Crippen LogP contribution in [0.25, 0.3) is 0 Å². The van der Waals surface area contributed by atoms with Gasteiger partial charge in [-0.05, 0) is 21.8 Å². The van der Waals surface area contributed by atoms with Crippen molar-refractivity contribution in [3.63, 3.8) is 0 Å². The summed E-state index contributed by atoms with van der Waals surface area (Å²) < 4.78 is 11.1. The van der Waals surface area contributed by atoms with Crippen molar-refractivity contribution in [1.29, 1.82) is 0 Å². The highest BCUT2D eigenvalue weighted by molar-refractivity contribution is 7.99. The molecule has 12 heavy (non-hydrogen) atoms. The Hall–Kier alpha value is -0.310. The summed E-state index contributed by atoms with van der Waals surface area (Å²) in [6, 6.07) is 0. The summed E-state index contributed by atoms with van der Waals surface area (Å²) in [4.78, 5) is 11.1. The maximum Gasteiger partial charge on any atom is 0.135 e. The Bertz CT molecular complexity index is 237. The van der Waals surface area contributed by atoms with Gasteiger partial charge in [-0.25, -0.2) is 0 Å². The third kappa shape index (κ3) is 6.40. The highest BCUT2D eigenvalue weighted by Gasteiger charge is 2.06. The van der Waals surface area contributed by atoms with Gasteiger partial charge in [-0.1, -0.05) is 13.8 Å². The van der Waals surface area contributed by atoms with Gasteiger partial charge in [0.25, 0.3) is 0 Å². The molecule has 0 saturated heterocycles. The Morgan fingerprint density at radius 3 is 2.33 bits per heavy atom. The summed E-state index contributed by atoms with van der Waals surface area (Å²) in [6.07, 6.45) is 2.88. The standard InChI is InChI=1S/C9H18O2S/c1-8(2)9(10)6-5-7-12(3,4)11/h8H,3,5-7H2,1-2,4H3. The van der Waals surface area contributed by atoms with Crippen LogP contribution < -0.4 is 0 Å². The zero-order valence-electron chi connectivity index (χ0n) is 8.13. The Balaban J connectivity index is 3.66. The van der Waals surface area contributed by atoms with Gasteiger partial charge < -0.3 is 0 Å². The van der Waals surface area contributed by atoms with E-state index in [-0.39, 0.29) is 11.7 Å². The van der Waals surface area contributed by atoms with E-state index in [4.69, 9.17) is 0 Å². The summed E-state index contributed by atoms with van der Waals surface area (Å²) in [6.45, 7) is 3.77. The van der Waals surface area contributed by atoms with Crippen molar-refractivity contribution in [2.75, 3.05) is 12.0 Å². The number of Topliss-reactive ketones (excluding diaryl/α,β-unsaturated/α-hetero) is 1. The first-order chi connectivity index (χ1) is 5.33. The fourth-order valence-corrected chi connectivity index (χ4v) is 1.60. The molecule has 0 amide bonds. The van der Waals surface area contributed by atoms with Crippen LogP contribution in [0.2, 0.25) is 0 Å². The maximum atomic E-state index is 11.1. The van der Waals surface area contributed by atoms with Crippen molar-refractivity contribution in [2.45, 2.75) is 26.7 Å². The van der Waals surface area contributed by atoms with Gasteiger partial charge in [-0.15, -0.1) is 0 Å². The molecule has 0 fully saturated rings. The van der Waals surface area contributed by atoms with E-state index in [9.17, 15) is 9.00 Å². The molecule has 0 aliphatic carbocycles. The minimum Gasteiger partial charge on any atom is -0.299 e. The number of hydrogen-bond donors (Lipinski definition) is 0. The van der Waals surface area contributed by atoms with Crippen molar-refractivity contribution in [3.05, 3.63) is 0 Å². The van der Waals surface area contributed by atoms with Gasteiger partial charge in [-0.3, -0.25) is 9.00 Å². The third-order valence-corrected chi connectivity index (χ3v) is 2.80. The van der Waals surface area contributed by atoms with E-state index in [0.29, 0.717) is 18.6 Å². The lowest BCUT2D eigenvalue weighted by atomic mass is 10.1. The van der Waals surface area contributed by atoms with E-state index in [1.54, 1.807) is 6.26 Å². The van der Waals surface area contributed by atoms with E-state index in [1.165, 1.54) is 0 Å². The second kappa shape index (κ2) is 4.65. The second-order valence-corrected chi connectivity index (χ2v) is 6.39. The topological polar surface area (TPSA) is 34.1 Å². The molecule has 0 aromatic heterocycles. The van der Waals surface area contributed by atoms with Crippen LogP contribution in [-0.2, 0) is 14.3 Å². The average Bonchev–Trinajstić information content (AvgIpc) is 1.84. The first-order valence-corrected chi connectivity index (χ1v) is 6.46. The first-order valence-electron chi connectivity index (χ1n) is 4.15. The highest BCUT2D eigenvalue weighted by Crippen LogP contribution is 2.02. The van der Waals surface area contributed by atoms with Gasteiger partial charge in [-0.2, -0.15) is 0 Å². The number of carbonyl (C=O) groups excluding carboxylic acids is 1. The second-order valence-electron chi connectivity index (χ2n) is 3.61. The molecule has 0 bridgehead atoms. The summed E-state index contributed by atoms with van der Waals surface area (Å²) in [5.41, 5.74) is 0. The molecule has 0 aliphatic heterocycles. The van der Waals surface area contributed by atoms with Gasteiger partial charge in [0, 0.05) is 24.3 Å². The summed E-state index contributed by atoms with van der Waals surface area (Å²) in [5.74, 6) is 4.44. The van der Waals surface area contributed by atoms with Gasteiger partial charge in [0.2, 0.25) is 0 Å². The maximum absolute atomic E-state index is 11.1. The first kappa shape index (κ1) is 11.7. The molecule has 0 heterocycles. The van der Waals surface area contributed by atoms with Crippen LogP contribution in [0.3, 0.4) is 0 Å². The molecular formula is C9H18O2S. The van der Waals surface area contributed by atoms with Gasteiger partial charge >= 0.3 is 0 Å². The highest BCUT2D eigenvalue weighted by atomic mass is 32.2. The summed E-state index contributed by atoms with van der Waals surface area (Å²) in [5, 5.41) is 0. The molecule has 1 atom stereocenters. The van der Waals surface area contributed by atoms with Gasteiger partial charge in [0.05, 0.1) is 0 Å². The van der Waals surface area contributed by atoms with E-state index in [1.807, 2.05) is 13.8 Å². The normalized spacial score (nSPS) is 16.0. The molecule has 0 saturated carbocycles. The smallest absolute Gasteiger partial charge is 0.135 e. The van der Waals surface area contributed by atoms with Crippen molar-refractivity contribution in [2.24, 2.45) is 5.92 Å². The minimum absolute atomic E-state index is 0.0997. The van der Waals surface area contributed by atoms with E-state index >= 15 is 0 Å². The fraction of sp³-hybridized carbons (Fsp3) is 0.778. The number of carbonyl (C=O) groups is 1. The van der Waals surface area contributed by atoms with Crippen molar-refractivity contribution >= 4 is 21.2 Å². The zero-order valence-corrected chi connectivity index (χ0v) is 8.95. The van der Waals surface area contributed by atoms with E-state index in [0.717, 1.165) is 0 Å². The Morgan fingerprint density at radius 1 is 1.50 bits per heavy atom. The Morgan fingerprint density at radius 2 is 2.00 bits per heavy atom. The van der Waals surface area contributed by atoms with E-state index in [2.05, 4.69) is 5.87 Å². The lowest BCUT2D eigenvalue weighted by Gasteiger charge is -2.04. The molecule has 0 aliphatic rings. The SMILES string of the molecule is C=S(C)(=O)CCCC(=O)C(C)C. The van der Waals surface area contributed by atoms with Crippen LogP contribution in [-0.4, -0.2) is 27.9 Å². The quantitative estimate of drug-likeness (QED) is 0.613. The van der Waals surface area contributed by atoms with Crippen molar-refractivity contribution in [1.82, 2.24) is 0 Å². The monoisotopic (exact) mass is 190 g/mol. The predicted octanol–water partition coefficient (Wildman–Crippen LogP) is 1.34. The lowest BCUT2D eigenvalue weighted by molar-refractivity contribution is -0.121. The summed E-state index contributed by atoms with van der Waals surface area (Å²) in [7, 11) is -1.90. The molecule has 0 N–H and O–H groups in total. The van der Waals surface area contributed by atoms with Gasteiger partial charge in [0.1, 0.15) is 5.78 Å². The van der Waals surface area contributed by atoms with Crippen LogP contribution in [0.4, 0.5) is 0 Å². The molecule has 3 heteroatoms. The number of hydrogen-bond acceptors (Lipinski definition) is 2. The molecule has 0 aromatic rings. The lowest BCUT2D eigenvalue weighted by Crippen LogP contribution is -2.10. The molecule has 0 spiro atoms.